The largest absolute Gasteiger partial charge is 0.496 e. The molecule has 0 bridgehead atoms. The molecule has 2 rings (SSSR count). The van der Waals surface area contributed by atoms with Crippen LogP contribution in [0.1, 0.15) is 24.5 Å². The Hall–Kier alpha value is -3.08. The maximum Gasteiger partial charge on any atom is 0.319 e. The summed E-state index contributed by atoms with van der Waals surface area (Å²) in [6.45, 7) is 2.88. The number of nitrogens with one attached hydrogen (secondary N) is 3. The van der Waals surface area contributed by atoms with Gasteiger partial charge >= 0.3 is 6.03 Å². The Morgan fingerprint density at radius 1 is 1.16 bits per heavy atom. The second kappa shape index (κ2) is 9.93. The zero-order chi connectivity index (χ0) is 17.9. The predicted octanol–water partition coefficient (Wildman–Crippen LogP) is 4.43. The first-order valence-electron chi connectivity index (χ1n) is 8.15. The summed E-state index contributed by atoms with van der Waals surface area (Å²) in [5, 5.41) is 12.4. The summed E-state index contributed by atoms with van der Waals surface area (Å²) in [5.41, 5.74) is 3.85. The molecule has 2 aromatic rings. The quantitative estimate of drug-likeness (QED) is 0.379. The molecule has 25 heavy (non-hydrogen) atoms. The Morgan fingerprint density at radius 3 is 2.72 bits per heavy atom. The summed E-state index contributed by atoms with van der Waals surface area (Å²) < 4.78 is 5.66. The molecule has 0 radical (unpaired) electrons. The SMILES string of the molecule is C/C(=C/OCc1cccc(NC(=O)NCCC=N)c1)c1ccccc1. The summed E-state index contributed by atoms with van der Waals surface area (Å²) in [5.74, 6) is 0. The zero-order valence-corrected chi connectivity index (χ0v) is 14.3. The molecule has 0 fully saturated rings. The van der Waals surface area contributed by atoms with Crippen LogP contribution in [-0.2, 0) is 11.3 Å². The number of carbonyl (C=O) groups is 1. The van der Waals surface area contributed by atoms with E-state index < -0.39 is 0 Å². The van der Waals surface area contributed by atoms with Crippen molar-refractivity contribution in [1.82, 2.24) is 5.32 Å². The van der Waals surface area contributed by atoms with Crippen LogP contribution in [-0.4, -0.2) is 18.8 Å². The van der Waals surface area contributed by atoms with E-state index in [1.54, 1.807) is 6.26 Å². The van der Waals surface area contributed by atoms with E-state index in [-0.39, 0.29) is 6.03 Å². The highest BCUT2D eigenvalue weighted by Gasteiger charge is 2.02. The van der Waals surface area contributed by atoms with Crippen molar-refractivity contribution in [2.45, 2.75) is 20.0 Å². The molecule has 2 aromatic carbocycles. The number of ether oxygens (including phenoxy) is 1. The first kappa shape index (κ1) is 18.3. The number of anilines is 1. The number of benzene rings is 2. The van der Waals surface area contributed by atoms with E-state index in [0.29, 0.717) is 25.3 Å². The molecule has 0 spiro atoms. The molecule has 0 saturated carbocycles. The third-order valence-electron chi connectivity index (χ3n) is 3.50. The van der Waals surface area contributed by atoms with Crippen LogP contribution >= 0.6 is 0 Å². The highest BCUT2D eigenvalue weighted by Crippen LogP contribution is 2.15. The second-order valence-electron chi connectivity index (χ2n) is 5.55. The average Bonchev–Trinajstić information content (AvgIpc) is 2.63. The van der Waals surface area contributed by atoms with Crippen molar-refractivity contribution in [2.24, 2.45) is 0 Å². The molecule has 5 nitrogen and oxygen atoms in total. The summed E-state index contributed by atoms with van der Waals surface area (Å²) in [6.07, 6.45) is 3.54. The number of rotatable bonds is 8. The fourth-order valence-corrected chi connectivity index (χ4v) is 2.20. The van der Waals surface area contributed by atoms with E-state index in [2.05, 4.69) is 10.6 Å². The van der Waals surface area contributed by atoms with Gasteiger partial charge in [0.1, 0.15) is 6.61 Å². The molecule has 0 aromatic heterocycles. The van der Waals surface area contributed by atoms with Gasteiger partial charge in [0.25, 0.3) is 0 Å². The highest BCUT2D eigenvalue weighted by atomic mass is 16.5. The maximum atomic E-state index is 11.7. The molecule has 130 valence electrons. The molecule has 0 heterocycles. The van der Waals surface area contributed by atoms with E-state index >= 15 is 0 Å². The maximum absolute atomic E-state index is 11.7. The molecule has 5 heteroatoms. The predicted molar refractivity (Wildman–Crippen MR) is 102 cm³/mol. The van der Waals surface area contributed by atoms with Gasteiger partial charge in [-0.05, 0) is 48.4 Å². The molecular formula is C20H23N3O2. The van der Waals surface area contributed by atoms with Gasteiger partial charge in [-0.2, -0.15) is 0 Å². The van der Waals surface area contributed by atoms with Crippen LogP contribution in [0.5, 0.6) is 0 Å². The number of urea groups is 1. The van der Waals surface area contributed by atoms with Gasteiger partial charge in [-0.1, -0.05) is 42.5 Å². The lowest BCUT2D eigenvalue weighted by Crippen LogP contribution is -2.29. The van der Waals surface area contributed by atoms with E-state index in [0.717, 1.165) is 16.7 Å². The summed E-state index contributed by atoms with van der Waals surface area (Å²) in [7, 11) is 0. The summed E-state index contributed by atoms with van der Waals surface area (Å²) >= 11 is 0. The lowest BCUT2D eigenvalue weighted by Gasteiger charge is -2.09. The summed E-state index contributed by atoms with van der Waals surface area (Å²) in [4.78, 5) is 11.7. The van der Waals surface area contributed by atoms with Crippen molar-refractivity contribution in [3.05, 3.63) is 72.0 Å². The van der Waals surface area contributed by atoms with E-state index in [9.17, 15) is 4.79 Å². The van der Waals surface area contributed by atoms with Crippen LogP contribution in [0.15, 0.2) is 60.9 Å². The highest BCUT2D eigenvalue weighted by molar-refractivity contribution is 5.89. The zero-order valence-electron chi connectivity index (χ0n) is 14.3. The lowest BCUT2D eigenvalue weighted by atomic mass is 10.1. The van der Waals surface area contributed by atoms with Gasteiger partial charge in [-0.25, -0.2) is 4.79 Å². The fraction of sp³-hybridized carbons (Fsp3) is 0.200. The normalized spacial score (nSPS) is 10.8. The fourth-order valence-electron chi connectivity index (χ4n) is 2.20. The number of hydrogen-bond acceptors (Lipinski definition) is 3. The monoisotopic (exact) mass is 337 g/mol. The first-order valence-corrected chi connectivity index (χ1v) is 8.15. The second-order valence-corrected chi connectivity index (χ2v) is 5.55. The van der Waals surface area contributed by atoms with Gasteiger partial charge in [0.2, 0.25) is 0 Å². The minimum Gasteiger partial charge on any atom is -0.496 e. The van der Waals surface area contributed by atoms with Crippen molar-refractivity contribution in [1.29, 1.82) is 5.41 Å². The minimum absolute atomic E-state index is 0.278. The molecule has 0 saturated heterocycles. The molecule has 0 aliphatic carbocycles. The molecule has 3 N–H and O–H groups in total. The number of hydrogen-bond donors (Lipinski definition) is 3. The van der Waals surface area contributed by atoms with Gasteiger partial charge in [-0.3, -0.25) is 0 Å². The Balaban J connectivity index is 1.86. The van der Waals surface area contributed by atoms with Crippen molar-refractivity contribution in [3.8, 4) is 0 Å². The number of carbonyl (C=O) groups excluding carboxylic acids is 1. The lowest BCUT2D eigenvalue weighted by molar-refractivity contribution is 0.237. The van der Waals surface area contributed by atoms with Crippen molar-refractivity contribution < 1.29 is 9.53 Å². The summed E-state index contributed by atoms with van der Waals surface area (Å²) in [6, 6.07) is 17.3. The molecular weight excluding hydrogens is 314 g/mol. The third kappa shape index (κ3) is 6.51. The van der Waals surface area contributed by atoms with E-state index in [1.807, 2.05) is 61.5 Å². The van der Waals surface area contributed by atoms with Crippen LogP contribution in [0.3, 0.4) is 0 Å². The van der Waals surface area contributed by atoms with Crippen LogP contribution in [0.25, 0.3) is 5.57 Å². The Kier molecular flexibility index (Phi) is 7.25. The van der Waals surface area contributed by atoms with Gasteiger partial charge in [0.15, 0.2) is 0 Å². The number of amides is 2. The van der Waals surface area contributed by atoms with Gasteiger partial charge in [-0.15, -0.1) is 0 Å². The Bertz CT molecular complexity index is 727. The molecule has 0 atom stereocenters. The minimum atomic E-state index is -0.278. The van der Waals surface area contributed by atoms with E-state index in [1.165, 1.54) is 6.21 Å². The van der Waals surface area contributed by atoms with Crippen LogP contribution in [0, 0.1) is 5.41 Å². The third-order valence-corrected chi connectivity index (χ3v) is 3.50. The van der Waals surface area contributed by atoms with E-state index in [4.69, 9.17) is 10.1 Å². The van der Waals surface area contributed by atoms with Crippen LogP contribution in [0.2, 0.25) is 0 Å². The van der Waals surface area contributed by atoms with Gasteiger partial charge in [0, 0.05) is 12.2 Å². The molecule has 0 aliphatic rings. The topological polar surface area (TPSA) is 74.2 Å². The number of allylic oxidation sites excluding steroid dienone is 1. The standard InChI is InChI=1S/C20H23N3O2/c1-16(18-8-3-2-4-9-18)14-25-15-17-7-5-10-19(13-17)23-20(24)22-12-6-11-21/h2-5,7-11,13-14,21H,6,12,15H2,1H3,(H2,22,23,24)/b16-14-,21-11?. The Morgan fingerprint density at radius 2 is 1.96 bits per heavy atom. The molecule has 0 aliphatic heterocycles. The Labute approximate surface area is 148 Å². The van der Waals surface area contributed by atoms with Gasteiger partial charge in [0.05, 0.1) is 6.26 Å². The van der Waals surface area contributed by atoms with Crippen LogP contribution < -0.4 is 10.6 Å². The average molecular weight is 337 g/mol. The smallest absolute Gasteiger partial charge is 0.319 e. The van der Waals surface area contributed by atoms with Crippen molar-refractivity contribution in [3.63, 3.8) is 0 Å². The van der Waals surface area contributed by atoms with Crippen LogP contribution in [0.4, 0.5) is 10.5 Å². The first-order chi connectivity index (χ1) is 12.2. The molecule has 0 unspecified atom stereocenters. The van der Waals surface area contributed by atoms with Crippen molar-refractivity contribution in [2.75, 3.05) is 11.9 Å². The molecule has 2 amide bonds. The van der Waals surface area contributed by atoms with Gasteiger partial charge < -0.3 is 20.8 Å². The van der Waals surface area contributed by atoms with Crippen molar-refractivity contribution >= 4 is 23.5 Å².